The second-order valence-electron chi connectivity index (χ2n) is 8.86. The first-order valence-electron chi connectivity index (χ1n) is 12.7. The van der Waals surface area contributed by atoms with Gasteiger partial charge in [-0.1, -0.05) is 44.9 Å². The molecule has 0 bridgehead atoms. The highest BCUT2D eigenvalue weighted by molar-refractivity contribution is 5.70. The van der Waals surface area contributed by atoms with Crippen molar-refractivity contribution in [1.82, 2.24) is 0 Å². The van der Waals surface area contributed by atoms with E-state index in [1.165, 1.54) is 6.42 Å². The Morgan fingerprint density at radius 1 is 0.778 bits per heavy atom. The van der Waals surface area contributed by atoms with Crippen molar-refractivity contribution < 1.29 is 49.0 Å². The van der Waals surface area contributed by atoms with Gasteiger partial charge in [0.05, 0.1) is 13.2 Å². The Morgan fingerprint density at radius 3 is 1.97 bits per heavy atom. The fraction of sp³-hybridized carbons (Fsp3) is 0.808. The van der Waals surface area contributed by atoms with Crippen molar-refractivity contribution in [3.05, 3.63) is 21.3 Å². The first kappa shape index (κ1) is 34.7. The molecule has 1 rings (SSSR count). The summed E-state index contributed by atoms with van der Waals surface area (Å²) in [4.78, 5) is 24.2. The summed E-state index contributed by atoms with van der Waals surface area (Å²) in [5, 5.41) is 39.2. The van der Waals surface area contributed by atoms with Gasteiger partial charge in [0.25, 0.3) is 0 Å². The number of ether oxygens (including phenoxy) is 4. The Hall–Kier alpha value is -1.30. The van der Waals surface area contributed by atoms with Gasteiger partial charge < -0.3 is 60.6 Å². The summed E-state index contributed by atoms with van der Waals surface area (Å²) in [6, 6.07) is 0. The lowest BCUT2D eigenvalue weighted by molar-refractivity contribution is -0.305. The van der Waals surface area contributed by atoms with E-state index >= 15 is 0 Å². The molecule has 6 atom stereocenters. The van der Waals surface area contributed by atoms with Gasteiger partial charge in [-0.25, -0.2) is 0 Å². The molecule has 0 aromatic heterocycles. The molecule has 1 fully saturated rings. The van der Waals surface area contributed by atoms with E-state index in [-0.39, 0.29) is 33.5 Å². The van der Waals surface area contributed by atoms with Crippen LogP contribution in [0.1, 0.15) is 77.0 Å². The normalized spacial score (nSPS) is 24.6. The lowest BCUT2D eigenvalue weighted by Crippen LogP contribution is -2.59. The second-order valence-corrected chi connectivity index (χ2v) is 8.86. The molecule has 0 radical (unpaired) electrons. The highest BCUT2D eigenvalue weighted by atomic mass is 16.7. The molecule has 0 unspecified atom stereocenters. The molecule has 1 aliphatic rings. The zero-order chi connectivity index (χ0) is 26.1. The van der Waals surface area contributed by atoms with Crippen LogP contribution in [0.15, 0.2) is 0 Å². The monoisotopic (exact) mass is 519 g/mol. The van der Waals surface area contributed by atoms with Gasteiger partial charge in [-0.3, -0.25) is 9.59 Å². The third kappa shape index (κ3) is 13.9. The molecule has 1 aliphatic heterocycles. The number of aliphatic hydroxyl groups excluding tert-OH is 4. The maximum Gasteiger partial charge on any atom is 0.306 e. The number of carbonyl (C=O) groups excluding carboxylic acids is 2. The highest BCUT2D eigenvalue weighted by Crippen LogP contribution is 2.22. The summed E-state index contributed by atoms with van der Waals surface area (Å²) >= 11 is 0. The minimum absolute atomic E-state index is 0. The summed E-state index contributed by atoms with van der Waals surface area (Å²) in [5.41, 5.74) is 0. The van der Waals surface area contributed by atoms with E-state index in [9.17, 15) is 30.0 Å². The van der Waals surface area contributed by atoms with Crippen LogP contribution in [0.2, 0.25) is 0 Å². The summed E-state index contributed by atoms with van der Waals surface area (Å²) < 4.78 is 21.4. The zero-order valence-electron chi connectivity index (χ0n) is 21.7. The van der Waals surface area contributed by atoms with Crippen LogP contribution in [0, 0.1) is 21.3 Å². The predicted molar refractivity (Wildman–Crippen MR) is 133 cm³/mol. The van der Waals surface area contributed by atoms with Crippen molar-refractivity contribution in [3.63, 3.8) is 0 Å². The molecule has 0 spiro atoms. The molecule has 1 saturated heterocycles. The summed E-state index contributed by atoms with van der Waals surface area (Å²) in [6.45, 7) is 6.37. The van der Waals surface area contributed by atoms with E-state index in [1.807, 2.05) is 0 Å². The zero-order valence-corrected chi connectivity index (χ0v) is 21.7. The SMILES string of the molecule is [CH2-]CCCCCCCCCC(=O)O[C@H](COC(=O)CCC[CH2-])CO[C@@H]1O[C@H](CO)[C@H](O)[C@H](O)[C@H]1O.[CH3-]. The predicted octanol–water partition coefficient (Wildman–Crippen LogP) is 2.06. The summed E-state index contributed by atoms with van der Waals surface area (Å²) in [5.74, 6) is -0.917. The Morgan fingerprint density at radius 2 is 1.36 bits per heavy atom. The van der Waals surface area contributed by atoms with Crippen LogP contribution in [-0.2, 0) is 28.5 Å². The number of hydrogen-bond acceptors (Lipinski definition) is 10. The van der Waals surface area contributed by atoms with E-state index in [1.54, 1.807) is 0 Å². The number of hydrogen-bond donors (Lipinski definition) is 4. The van der Waals surface area contributed by atoms with Gasteiger partial charge in [0.1, 0.15) is 31.0 Å². The van der Waals surface area contributed by atoms with Crippen LogP contribution >= 0.6 is 0 Å². The lowest BCUT2D eigenvalue weighted by Gasteiger charge is -2.39. The van der Waals surface area contributed by atoms with Crippen LogP contribution in [0.5, 0.6) is 0 Å². The smallest absolute Gasteiger partial charge is 0.306 e. The number of carbonyl (C=O) groups is 2. The van der Waals surface area contributed by atoms with Crippen molar-refractivity contribution in [3.8, 4) is 0 Å². The standard InChI is InChI=1S/C25H44O10.CH3/c1-3-5-7-8-9-10-11-12-14-21(28)34-18(16-32-20(27)13-6-4-2)17-33-25-24(31)23(30)22(29)19(15-26)35-25;/h18-19,22-26,29-31H,1-17H2;1H3/q-2;-1/t18-,19-,22+,23+,24-,25-;/m1./s1. The van der Waals surface area contributed by atoms with E-state index in [2.05, 4.69) is 13.8 Å². The molecule has 214 valence electrons. The van der Waals surface area contributed by atoms with Gasteiger partial charge >= 0.3 is 11.9 Å². The average Bonchev–Trinajstić information content (AvgIpc) is 2.85. The molecule has 4 N–H and O–H groups in total. The van der Waals surface area contributed by atoms with Gasteiger partial charge in [-0.2, -0.15) is 12.8 Å². The maximum absolute atomic E-state index is 12.3. The molecular formula is C26H47O10-3. The Kier molecular flexibility index (Phi) is 20.0. The van der Waals surface area contributed by atoms with Gasteiger partial charge in [0.15, 0.2) is 12.4 Å². The van der Waals surface area contributed by atoms with E-state index in [4.69, 9.17) is 18.9 Å². The average molecular weight is 520 g/mol. The molecule has 0 saturated carbocycles. The number of rotatable bonds is 19. The molecule has 36 heavy (non-hydrogen) atoms. The quantitative estimate of drug-likeness (QED) is 0.113. The molecule has 1 heterocycles. The Bertz CT molecular complexity index is 571. The largest absolute Gasteiger partial charge is 0.462 e. The van der Waals surface area contributed by atoms with Crippen molar-refractivity contribution >= 4 is 11.9 Å². The summed E-state index contributed by atoms with van der Waals surface area (Å²) in [7, 11) is 0. The van der Waals surface area contributed by atoms with Crippen LogP contribution < -0.4 is 0 Å². The van der Waals surface area contributed by atoms with Crippen molar-refractivity contribution in [2.75, 3.05) is 19.8 Å². The first-order chi connectivity index (χ1) is 16.8. The molecule has 10 nitrogen and oxygen atoms in total. The molecule has 0 aliphatic carbocycles. The van der Waals surface area contributed by atoms with Crippen molar-refractivity contribution in [2.24, 2.45) is 0 Å². The topological polar surface area (TPSA) is 152 Å². The summed E-state index contributed by atoms with van der Waals surface area (Å²) in [6.07, 6.45) is 1.58. The highest BCUT2D eigenvalue weighted by Gasteiger charge is 2.44. The fourth-order valence-corrected chi connectivity index (χ4v) is 3.63. The number of esters is 2. The van der Waals surface area contributed by atoms with Crippen LogP contribution in [0.4, 0.5) is 0 Å². The number of aliphatic hydroxyl groups is 4. The second kappa shape index (κ2) is 20.7. The van der Waals surface area contributed by atoms with E-state index < -0.39 is 55.4 Å². The maximum atomic E-state index is 12.3. The van der Waals surface area contributed by atoms with Gasteiger partial charge in [-0.15, -0.1) is 0 Å². The van der Waals surface area contributed by atoms with E-state index in [0.29, 0.717) is 19.3 Å². The van der Waals surface area contributed by atoms with Crippen LogP contribution in [0.3, 0.4) is 0 Å². The third-order valence-electron chi connectivity index (χ3n) is 5.78. The molecule has 10 heteroatoms. The first-order valence-corrected chi connectivity index (χ1v) is 12.7. The van der Waals surface area contributed by atoms with Gasteiger partial charge in [-0.05, 0) is 6.42 Å². The minimum Gasteiger partial charge on any atom is -0.462 e. The van der Waals surface area contributed by atoms with E-state index in [0.717, 1.165) is 38.5 Å². The van der Waals surface area contributed by atoms with Crippen LogP contribution in [0.25, 0.3) is 0 Å². The number of unbranched alkanes of at least 4 members (excludes halogenated alkanes) is 8. The Balaban J connectivity index is 0.0000122. The minimum atomic E-state index is -1.59. The van der Waals surface area contributed by atoms with Gasteiger partial charge in [0, 0.05) is 12.8 Å². The molecular weight excluding hydrogens is 472 g/mol. The lowest BCUT2D eigenvalue weighted by atomic mass is 9.99. The molecule has 0 amide bonds. The van der Waals surface area contributed by atoms with Crippen LogP contribution in [-0.4, -0.2) is 89.0 Å². The van der Waals surface area contributed by atoms with Crippen molar-refractivity contribution in [1.29, 1.82) is 0 Å². The molecule has 0 aromatic carbocycles. The van der Waals surface area contributed by atoms with Gasteiger partial charge in [0.2, 0.25) is 0 Å². The van der Waals surface area contributed by atoms with Crippen molar-refractivity contribution in [2.45, 2.75) is 114 Å². The third-order valence-corrected chi connectivity index (χ3v) is 5.78. The fourth-order valence-electron chi connectivity index (χ4n) is 3.63. The molecule has 0 aromatic rings. The Labute approximate surface area is 216 Å².